The number of carbonyl (C=O) groups is 1. The summed E-state index contributed by atoms with van der Waals surface area (Å²) >= 11 is 0. The molecule has 0 aliphatic heterocycles. The number of aryl methyl sites for hydroxylation is 1. The standard InChI is InChI=1S/C11H15NO2/c1-8(2)11(13)12(14)10-6-4-9(3)5-7-10/h4-8,14H,1-3H3. The second kappa shape index (κ2) is 4.24. The molecule has 0 heterocycles. The minimum absolute atomic E-state index is 0.207. The van der Waals surface area contributed by atoms with Gasteiger partial charge in [0.1, 0.15) is 0 Å². The van der Waals surface area contributed by atoms with Gasteiger partial charge in [-0.3, -0.25) is 10.0 Å². The zero-order valence-corrected chi connectivity index (χ0v) is 8.69. The Balaban J connectivity index is 2.84. The van der Waals surface area contributed by atoms with Crippen molar-refractivity contribution in [2.45, 2.75) is 20.8 Å². The molecule has 0 bridgehead atoms. The van der Waals surface area contributed by atoms with Gasteiger partial charge in [0.05, 0.1) is 5.69 Å². The van der Waals surface area contributed by atoms with Crippen molar-refractivity contribution in [3.8, 4) is 0 Å². The van der Waals surface area contributed by atoms with Crippen LogP contribution in [0, 0.1) is 12.8 Å². The lowest BCUT2D eigenvalue weighted by Crippen LogP contribution is -2.30. The van der Waals surface area contributed by atoms with Crippen LogP contribution in [-0.4, -0.2) is 11.1 Å². The van der Waals surface area contributed by atoms with Crippen LogP contribution in [0.4, 0.5) is 5.69 Å². The number of rotatable bonds is 2. The van der Waals surface area contributed by atoms with Gasteiger partial charge in [-0.25, -0.2) is 0 Å². The second-order valence-corrected chi connectivity index (χ2v) is 3.64. The molecule has 0 atom stereocenters. The topological polar surface area (TPSA) is 40.5 Å². The Morgan fingerprint density at radius 3 is 2.21 bits per heavy atom. The molecule has 1 amide bonds. The zero-order chi connectivity index (χ0) is 10.7. The predicted molar refractivity (Wildman–Crippen MR) is 55.3 cm³/mol. The summed E-state index contributed by atoms with van der Waals surface area (Å²) < 4.78 is 0. The molecule has 0 radical (unpaired) electrons. The fourth-order valence-corrected chi connectivity index (χ4v) is 1.06. The highest BCUT2D eigenvalue weighted by molar-refractivity contribution is 5.92. The van der Waals surface area contributed by atoms with Gasteiger partial charge in [0, 0.05) is 5.92 Å². The van der Waals surface area contributed by atoms with Crippen molar-refractivity contribution in [1.82, 2.24) is 0 Å². The first-order chi connectivity index (χ1) is 6.52. The number of hydrogen-bond acceptors (Lipinski definition) is 2. The van der Waals surface area contributed by atoms with Crippen LogP contribution in [0.1, 0.15) is 19.4 Å². The molecule has 0 aromatic heterocycles. The number of nitrogens with zero attached hydrogens (tertiary/aromatic N) is 1. The number of benzene rings is 1. The summed E-state index contributed by atoms with van der Waals surface area (Å²) in [5, 5.41) is 10.2. The average Bonchev–Trinajstić information content (AvgIpc) is 2.16. The van der Waals surface area contributed by atoms with Gasteiger partial charge < -0.3 is 0 Å². The first-order valence-electron chi connectivity index (χ1n) is 4.62. The molecule has 76 valence electrons. The molecule has 3 nitrogen and oxygen atoms in total. The Morgan fingerprint density at radius 2 is 1.79 bits per heavy atom. The maximum atomic E-state index is 11.4. The van der Waals surface area contributed by atoms with Crippen molar-refractivity contribution in [1.29, 1.82) is 0 Å². The predicted octanol–water partition coefficient (Wildman–Crippen LogP) is 2.37. The smallest absolute Gasteiger partial charge is 0.253 e. The molecule has 0 aliphatic rings. The van der Waals surface area contributed by atoms with Crippen molar-refractivity contribution < 1.29 is 10.0 Å². The number of anilines is 1. The monoisotopic (exact) mass is 193 g/mol. The first-order valence-corrected chi connectivity index (χ1v) is 4.62. The summed E-state index contributed by atoms with van der Waals surface area (Å²) in [6.45, 7) is 5.45. The summed E-state index contributed by atoms with van der Waals surface area (Å²) in [5.74, 6) is -0.504. The Bertz CT molecular complexity index is 317. The summed E-state index contributed by atoms with van der Waals surface area (Å²) in [5.41, 5.74) is 1.61. The highest BCUT2D eigenvalue weighted by Crippen LogP contribution is 2.15. The summed E-state index contributed by atoms with van der Waals surface area (Å²) in [7, 11) is 0. The van der Waals surface area contributed by atoms with Crippen molar-refractivity contribution in [3.05, 3.63) is 29.8 Å². The third-order valence-electron chi connectivity index (χ3n) is 1.98. The van der Waals surface area contributed by atoms with Gasteiger partial charge in [-0.15, -0.1) is 0 Å². The van der Waals surface area contributed by atoms with Crippen molar-refractivity contribution in [2.75, 3.05) is 5.06 Å². The third kappa shape index (κ3) is 2.33. The van der Waals surface area contributed by atoms with Gasteiger partial charge in [0.15, 0.2) is 0 Å². The highest BCUT2D eigenvalue weighted by Gasteiger charge is 2.16. The quantitative estimate of drug-likeness (QED) is 0.578. The van der Waals surface area contributed by atoms with Crippen LogP contribution >= 0.6 is 0 Å². The molecule has 0 saturated carbocycles. The molecule has 1 aromatic carbocycles. The van der Waals surface area contributed by atoms with Crippen LogP contribution in [0.15, 0.2) is 24.3 Å². The molecule has 0 unspecified atom stereocenters. The lowest BCUT2D eigenvalue weighted by Gasteiger charge is -2.16. The van der Waals surface area contributed by atoms with E-state index in [9.17, 15) is 10.0 Å². The summed E-state index contributed by atoms with van der Waals surface area (Å²) in [6.07, 6.45) is 0. The first kappa shape index (κ1) is 10.7. The second-order valence-electron chi connectivity index (χ2n) is 3.64. The van der Waals surface area contributed by atoms with Crippen molar-refractivity contribution >= 4 is 11.6 Å². The van der Waals surface area contributed by atoms with Gasteiger partial charge in [0.2, 0.25) is 0 Å². The molecule has 0 aliphatic carbocycles. The molecular weight excluding hydrogens is 178 g/mol. The van der Waals surface area contributed by atoms with E-state index in [4.69, 9.17) is 0 Å². The molecule has 1 rings (SSSR count). The highest BCUT2D eigenvalue weighted by atomic mass is 16.5. The largest absolute Gasteiger partial charge is 0.281 e. The Morgan fingerprint density at radius 1 is 1.29 bits per heavy atom. The summed E-state index contributed by atoms with van der Waals surface area (Å²) in [4.78, 5) is 11.4. The number of hydrogen-bond donors (Lipinski definition) is 1. The Labute approximate surface area is 83.9 Å². The maximum Gasteiger partial charge on any atom is 0.253 e. The van der Waals surface area contributed by atoms with Crippen LogP contribution in [0.2, 0.25) is 0 Å². The fraction of sp³-hybridized carbons (Fsp3) is 0.364. The van der Waals surface area contributed by atoms with E-state index in [1.807, 2.05) is 19.1 Å². The lowest BCUT2D eigenvalue weighted by molar-refractivity contribution is -0.126. The van der Waals surface area contributed by atoms with E-state index in [1.54, 1.807) is 26.0 Å². The van der Waals surface area contributed by atoms with Gasteiger partial charge in [-0.1, -0.05) is 31.5 Å². The maximum absolute atomic E-state index is 11.4. The number of amides is 1. The number of carbonyl (C=O) groups excluding carboxylic acids is 1. The van der Waals surface area contributed by atoms with E-state index in [1.165, 1.54) is 0 Å². The molecule has 3 heteroatoms. The SMILES string of the molecule is Cc1ccc(N(O)C(=O)C(C)C)cc1. The van der Waals surface area contributed by atoms with Crippen molar-refractivity contribution in [3.63, 3.8) is 0 Å². The minimum Gasteiger partial charge on any atom is -0.281 e. The lowest BCUT2D eigenvalue weighted by atomic mass is 10.2. The molecule has 1 N–H and O–H groups in total. The minimum atomic E-state index is -0.297. The fourth-order valence-electron chi connectivity index (χ4n) is 1.06. The van der Waals surface area contributed by atoms with E-state index in [-0.39, 0.29) is 11.8 Å². The van der Waals surface area contributed by atoms with E-state index in [0.717, 1.165) is 5.56 Å². The molecule has 0 fully saturated rings. The molecular formula is C11H15NO2. The van der Waals surface area contributed by atoms with Gasteiger partial charge in [-0.05, 0) is 19.1 Å². The molecule has 14 heavy (non-hydrogen) atoms. The van der Waals surface area contributed by atoms with E-state index < -0.39 is 0 Å². The van der Waals surface area contributed by atoms with Crippen LogP contribution < -0.4 is 5.06 Å². The van der Waals surface area contributed by atoms with Crippen molar-refractivity contribution in [2.24, 2.45) is 5.92 Å². The van der Waals surface area contributed by atoms with Gasteiger partial charge >= 0.3 is 0 Å². The van der Waals surface area contributed by atoms with Crippen LogP contribution in [0.3, 0.4) is 0 Å². The van der Waals surface area contributed by atoms with Crippen LogP contribution in [0.5, 0.6) is 0 Å². The molecule has 0 spiro atoms. The van der Waals surface area contributed by atoms with E-state index >= 15 is 0 Å². The third-order valence-corrected chi connectivity index (χ3v) is 1.98. The van der Waals surface area contributed by atoms with E-state index in [2.05, 4.69) is 0 Å². The summed E-state index contributed by atoms with van der Waals surface area (Å²) in [6, 6.07) is 7.14. The van der Waals surface area contributed by atoms with Gasteiger partial charge in [-0.2, -0.15) is 5.06 Å². The molecule has 0 saturated heterocycles. The Hall–Kier alpha value is -1.35. The van der Waals surface area contributed by atoms with Crippen LogP contribution in [-0.2, 0) is 4.79 Å². The normalized spacial score (nSPS) is 10.4. The molecule has 1 aromatic rings. The number of hydroxylamine groups is 1. The van der Waals surface area contributed by atoms with Crippen LogP contribution in [0.25, 0.3) is 0 Å². The Kier molecular flexibility index (Phi) is 3.25. The van der Waals surface area contributed by atoms with Gasteiger partial charge in [0.25, 0.3) is 5.91 Å². The van der Waals surface area contributed by atoms with E-state index in [0.29, 0.717) is 10.8 Å². The zero-order valence-electron chi connectivity index (χ0n) is 8.69. The average molecular weight is 193 g/mol.